The molecule has 0 radical (unpaired) electrons. The van der Waals surface area contributed by atoms with Crippen LogP contribution in [0.2, 0.25) is 0 Å². The minimum atomic E-state index is 0.291. The number of thioether (sulfide) groups is 1. The van der Waals surface area contributed by atoms with Gasteiger partial charge in [-0.15, -0.1) is 0 Å². The van der Waals surface area contributed by atoms with Crippen LogP contribution in [0.3, 0.4) is 0 Å². The van der Waals surface area contributed by atoms with Gasteiger partial charge in [0.15, 0.2) is 0 Å². The first-order chi connectivity index (χ1) is 6.11. The van der Waals surface area contributed by atoms with Crippen LogP contribution >= 0.6 is 11.8 Å². The lowest BCUT2D eigenvalue weighted by Gasteiger charge is -2.26. The Morgan fingerprint density at radius 2 is 2.00 bits per heavy atom. The molecule has 0 aromatic heterocycles. The summed E-state index contributed by atoms with van der Waals surface area (Å²) in [6, 6.07) is 0.626. The van der Waals surface area contributed by atoms with Crippen LogP contribution in [-0.4, -0.2) is 48.3 Å². The van der Waals surface area contributed by atoms with E-state index in [2.05, 4.69) is 32.1 Å². The van der Waals surface area contributed by atoms with Crippen LogP contribution in [0.5, 0.6) is 0 Å². The van der Waals surface area contributed by atoms with Crippen LogP contribution in [0.4, 0.5) is 0 Å². The predicted octanol–water partition coefficient (Wildman–Crippen LogP) is 1.69. The number of nitrogens with zero attached hydrogens (tertiary/aromatic N) is 1. The van der Waals surface area contributed by atoms with Gasteiger partial charge in [0, 0.05) is 19.2 Å². The van der Waals surface area contributed by atoms with E-state index >= 15 is 0 Å². The Hall–Kier alpha value is 0.270. The maximum absolute atomic E-state index is 8.91. The molecule has 3 heteroatoms. The van der Waals surface area contributed by atoms with Crippen molar-refractivity contribution in [2.24, 2.45) is 5.92 Å². The summed E-state index contributed by atoms with van der Waals surface area (Å²) < 4.78 is 0. The van der Waals surface area contributed by atoms with Gasteiger partial charge in [0.05, 0.1) is 0 Å². The molecule has 0 aliphatic carbocycles. The van der Waals surface area contributed by atoms with Crippen molar-refractivity contribution >= 4 is 11.8 Å². The third-order valence-corrected chi connectivity index (χ3v) is 3.05. The van der Waals surface area contributed by atoms with E-state index in [0.29, 0.717) is 18.6 Å². The van der Waals surface area contributed by atoms with Gasteiger partial charge in [-0.25, -0.2) is 0 Å². The molecule has 0 aliphatic heterocycles. The van der Waals surface area contributed by atoms with Crippen molar-refractivity contribution in [1.29, 1.82) is 0 Å². The van der Waals surface area contributed by atoms with E-state index in [1.807, 2.05) is 11.8 Å². The minimum absolute atomic E-state index is 0.291. The highest BCUT2D eigenvalue weighted by molar-refractivity contribution is 7.98. The minimum Gasteiger partial charge on any atom is -0.396 e. The molecule has 0 saturated heterocycles. The molecule has 1 N–H and O–H groups in total. The van der Waals surface area contributed by atoms with Gasteiger partial charge in [0.25, 0.3) is 0 Å². The van der Waals surface area contributed by atoms with Gasteiger partial charge in [-0.2, -0.15) is 11.8 Å². The highest BCUT2D eigenvalue weighted by atomic mass is 32.2. The van der Waals surface area contributed by atoms with Gasteiger partial charge >= 0.3 is 0 Å². The summed E-state index contributed by atoms with van der Waals surface area (Å²) in [6.45, 7) is 5.61. The Kier molecular flexibility index (Phi) is 7.81. The van der Waals surface area contributed by atoms with E-state index in [0.717, 1.165) is 6.54 Å². The molecule has 2 atom stereocenters. The smallest absolute Gasteiger partial charge is 0.0468 e. The molecule has 0 rings (SSSR count). The van der Waals surface area contributed by atoms with Crippen LogP contribution < -0.4 is 0 Å². The van der Waals surface area contributed by atoms with Crippen molar-refractivity contribution in [3.63, 3.8) is 0 Å². The summed E-state index contributed by atoms with van der Waals surface area (Å²) in [4.78, 5) is 2.33. The Morgan fingerprint density at radius 1 is 1.38 bits per heavy atom. The number of hydrogen-bond acceptors (Lipinski definition) is 3. The van der Waals surface area contributed by atoms with Crippen LogP contribution in [0.1, 0.15) is 20.3 Å². The average molecular weight is 205 g/mol. The molecule has 0 aromatic rings. The summed E-state index contributed by atoms with van der Waals surface area (Å²) in [6.07, 6.45) is 3.37. The van der Waals surface area contributed by atoms with E-state index in [9.17, 15) is 0 Å². The Balaban J connectivity index is 3.61. The zero-order valence-electron chi connectivity index (χ0n) is 9.29. The second kappa shape index (κ2) is 7.65. The number of rotatable bonds is 7. The van der Waals surface area contributed by atoms with Gasteiger partial charge in [-0.3, -0.25) is 0 Å². The Bertz CT molecular complexity index is 121. The highest BCUT2D eigenvalue weighted by Gasteiger charge is 2.11. The molecule has 0 spiro atoms. The molecule has 2 nitrogen and oxygen atoms in total. The van der Waals surface area contributed by atoms with Crippen LogP contribution in [0, 0.1) is 5.92 Å². The first-order valence-corrected chi connectivity index (χ1v) is 6.31. The maximum Gasteiger partial charge on any atom is 0.0468 e. The van der Waals surface area contributed by atoms with Gasteiger partial charge in [0.2, 0.25) is 0 Å². The lowest BCUT2D eigenvalue weighted by Crippen LogP contribution is -2.34. The first kappa shape index (κ1) is 13.3. The molecule has 80 valence electrons. The van der Waals surface area contributed by atoms with Crippen LogP contribution in [0.25, 0.3) is 0 Å². The fraction of sp³-hybridized carbons (Fsp3) is 1.00. The molecule has 0 aromatic carbocycles. The molecule has 2 unspecified atom stereocenters. The third kappa shape index (κ3) is 6.36. The Labute approximate surface area is 86.7 Å². The van der Waals surface area contributed by atoms with Crippen molar-refractivity contribution < 1.29 is 5.11 Å². The fourth-order valence-electron chi connectivity index (χ4n) is 1.24. The van der Waals surface area contributed by atoms with Gasteiger partial charge in [-0.05, 0) is 38.3 Å². The van der Waals surface area contributed by atoms with Gasteiger partial charge < -0.3 is 10.0 Å². The molecular weight excluding hydrogens is 182 g/mol. The summed E-state index contributed by atoms with van der Waals surface area (Å²) in [5, 5.41) is 8.91. The molecule has 0 saturated carbocycles. The molecule has 0 amide bonds. The van der Waals surface area contributed by atoms with E-state index < -0.39 is 0 Å². The summed E-state index contributed by atoms with van der Waals surface area (Å²) in [5.41, 5.74) is 0. The van der Waals surface area contributed by atoms with E-state index in [-0.39, 0.29) is 0 Å². The topological polar surface area (TPSA) is 23.5 Å². The zero-order chi connectivity index (χ0) is 10.3. The van der Waals surface area contributed by atoms with Gasteiger partial charge in [-0.1, -0.05) is 6.92 Å². The SMILES string of the molecule is CSCCC(C)N(C)CC(C)CO. The highest BCUT2D eigenvalue weighted by Crippen LogP contribution is 2.08. The monoisotopic (exact) mass is 205 g/mol. The number of hydrogen-bond donors (Lipinski definition) is 1. The molecule has 0 aliphatic rings. The second-order valence-electron chi connectivity index (χ2n) is 3.86. The molecule has 0 fully saturated rings. The lowest BCUT2D eigenvalue weighted by atomic mass is 10.1. The largest absolute Gasteiger partial charge is 0.396 e. The molecule has 13 heavy (non-hydrogen) atoms. The summed E-state index contributed by atoms with van der Waals surface area (Å²) in [7, 11) is 2.14. The molecule has 0 bridgehead atoms. The van der Waals surface area contributed by atoms with Crippen molar-refractivity contribution in [1.82, 2.24) is 4.90 Å². The Morgan fingerprint density at radius 3 is 2.46 bits per heavy atom. The third-order valence-electron chi connectivity index (χ3n) is 2.40. The zero-order valence-corrected chi connectivity index (χ0v) is 10.1. The first-order valence-electron chi connectivity index (χ1n) is 4.91. The van der Waals surface area contributed by atoms with Crippen molar-refractivity contribution in [3.05, 3.63) is 0 Å². The summed E-state index contributed by atoms with van der Waals surface area (Å²) in [5.74, 6) is 1.61. The normalized spacial score (nSPS) is 16.2. The average Bonchev–Trinajstić information content (AvgIpc) is 2.13. The fourth-order valence-corrected chi connectivity index (χ4v) is 1.81. The number of aliphatic hydroxyl groups is 1. The van der Waals surface area contributed by atoms with E-state index in [1.54, 1.807) is 0 Å². The maximum atomic E-state index is 8.91. The molecular formula is C10H23NOS. The van der Waals surface area contributed by atoms with Gasteiger partial charge in [0.1, 0.15) is 0 Å². The van der Waals surface area contributed by atoms with E-state index in [4.69, 9.17) is 5.11 Å². The quantitative estimate of drug-likeness (QED) is 0.684. The lowest BCUT2D eigenvalue weighted by molar-refractivity contribution is 0.165. The van der Waals surface area contributed by atoms with Crippen LogP contribution in [-0.2, 0) is 0 Å². The van der Waals surface area contributed by atoms with Crippen molar-refractivity contribution in [2.45, 2.75) is 26.3 Å². The number of aliphatic hydroxyl groups excluding tert-OH is 1. The second-order valence-corrected chi connectivity index (χ2v) is 4.84. The van der Waals surface area contributed by atoms with E-state index in [1.165, 1.54) is 12.2 Å². The van der Waals surface area contributed by atoms with Crippen molar-refractivity contribution in [2.75, 3.05) is 32.2 Å². The van der Waals surface area contributed by atoms with Crippen molar-refractivity contribution in [3.8, 4) is 0 Å². The van der Waals surface area contributed by atoms with Crippen LogP contribution in [0.15, 0.2) is 0 Å². The predicted molar refractivity (Wildman–Crippen MR) is 61.3 cm³/mol. The standard InChI is InChI=1S/C10H23NOS/c1-9(8-12)7-11(3)10(2)5-6-13-4/h9-10,12H,5-8H2,1-4H3. The summed E-state index contributed by atoms with van der Waals surface area (Å²) >= 11 is 1.90. The molecule has 0 heterocycles.